The van der Waals surface area contributed by atoms with Crippen molar-refractivity contribution in [2.45, 2.75) is 13.0 Å². The number of esters is 1. The molecule has 0 aromatic heterocycles. The van der Waals surface area contributed by atoms with E-state index in [0.29, 0.717) is 0 Å². The Balaban J connectivity index is 2.07. The van der Waals surface area contributed by atoms with E-state index in [0.717, 1.165) is 17.0 Å². The molecule has 1 aromatic carbocycles. The summed E-state index contributed by atoms with van der Waals surface area (Å²) in [5.41, 5.74) is -0.102. The zero-order valence-electron chi connectivity index (χ0n) is 13.0. The molecule has 3 rings (SSSR count). The lowest BCUT2D eigenvalue weighted by Crippen LogP contribution is -2.41. The van der Waals surface area contributed by atoms with Crippen LogP contribution in [0.4, 0.5) is 5.69 Å². The molecule has 25 heavy (non-hydrogen) atoms. The number of ether oxygens (including phenoxy) is 1. The molecule has 2 aliphatic heterocycles. The molecule has 1 aromatic rings. The quantitative estimate of drug-likeness (QED) is 0.565. The highest BCUT2D eigenvalue weighted by molar-refractivity contribution is 6.47. The number of carbonyl (C=O) groups is 4. The molecule has 10 heteroatoms. The molecule has 2 atom stereocenters. The Bertz CT molecular complexity index is 854. The second kappa shape index (κ2) is 6.12. The maximum absolute atomic E-state index is 12.8. The van der Waals surface area contributed by atoms with Gasteiger partial charge in [0.15, 0.2) is 11.8 Å². The van der Waals surface area contributed by atoms with Crippen LogP contribution in [0.5, 0.6) is 0 Å². The van der Waals surface area contributed by atoms with Crippen LogP contribution in [0, 0.1) is 5.92 Å². The summed E-state index contributed by atoms with van der Waals surface area (Å²) in [4.78, 5) is 50.1. The molecule has 8 nitrogen and oxygen atoms in total. The van der Waals surface area contributed by atoms with Gasteiger partial charge in [0.1, 0.15) is 5.92 Å². The minimum absolute atomic E-state index is 0.155. The molecule has 0 radical (unpaired) electrons. The number of hydrogen-bond acceptors (Lipinski definition) is 6. The van der Waals surface area contributed by atoms with Crippen LogP contribution in [0.25, 0.3) is 0 Å². The number of anilines is 1. The Kier molecular flexibility index (Phi) is 4.26. The highest BCUT2D eigenvalue weighted by atomic mass is 35.5. The van der Waals surface area contributed by atoms with Gasteiger partial charge >= 0.3 is 5.97 Å². The minimum Gasteiger partial charge on any atom is -0.464 e. The van der Waals surface area contributed by atoms with Gasteiger partial charge in [0, 0.05) is 6.92 Å². The van der Waals surface area contributed by atoms with Crippen molar-refractivity contribution in [2.75, 3.05) is 12.0 Å². The van der Waals surface area contributed by atoms with Crippen molar-refractivity contribution in [2.24, 2.45) is 11.0 Å². The molecule has 0 unspecified atom stereocenters. The standard InChI is InChI=1S/C15H11Cl2N3O5/c1-6(21)20-12-10(11(18-20)15(24)25-2)13(22)19(14(12)23)7-3-4-8(16)9(17)5-7/h3-5,10,12H,1-2H3/t10-,12-/m1/s1. The van der Waals surface area contributed by atoms with Crippen LogP contribution < -0.4 is 4.90 Å². The minimum atomic E-state index is -1.23. The van der Waals surface area contributed by atoms with Crippen molar-refractivity contribution in [3.63, 3.8) is 0 Å². The van der Waals surface area contributed by atoms with Crippen molar-refractivity contribution in [3.05, 3.63) is 28.2 Å². The van der Waals surface area contributed by atoms with E-state index in [9.17, 15) is 19.2 Å². The summed E-state index contributed by atoms with van der Waals surface area (Å²) in [7, 11) is 1.12. The average molecular weight is 384 g/mol. The number of halogens is 2. The number of amides is 3. The normalized spacial score (nSPS) is 22.2. The van der Waals surface area contributed by atoms with E-state index in [2.05, 4.69) is 9.84 Å². The van der Waals surface area contributed by atoms with Gasteiger partial charge in [-0.25, -0.2) is 14.7 Å². The number of methoxy groups -OCH3 is 1. The number of nitrogens with zero attached hydrogens (tertiary/aromatic N) is 3. The predicted octanol–water partition coefficient (Wildman–Crippen LogP) is 1.24. The van der Waals surface area contributed by atoms with Gasteiger partial charge in [-0.1, -0.05) is 23.2 Å². The van der Waals surface area contributed by atoms with Crippen LogP contribution in [-0.4, -0.2) is 47.6 Å². The third kappa shape index (κ3) is 2.58. The highest BCUT2D eigenvalue weighted by Gasteiger charge is 2.59. The first-order chi connectivity index (χ1) is 11.8. The van der Waals surface area contributed by atoms with Crippen LogP contribution in [0.1, 0.15) is 6.92 Å². The monoisotopic (exact) mass is 383 g/mol. The molecule has 3 amide bonds. The van der Waals surface area contributed by atoms with E-state index in [-0.39, 0.29) is 21.4 Å². The molecule has 2 heterocycles. The molecule has 2 aliphatic rings. The van der Waals surface area contributed by atoms with E-state index in [1.165, 1.54) is 25.1 Å². The number of hydrazone groups is 1. The molecule has 0 bridgehead atoms. The third-order valence-electron chi connectivity index (χ3n) is 3.93. The van der Waals surface area contributed by atoms with Crippen molar-refractivity contribution in [1.82, 2.24) is 5.01 Å². The van der Waals surface area contributed by atoms with Crippen molar-refractivity contribution >= 4 is 58.3 Å². The molecular weight excluding hydrogens is 373 g/mol. The zero-order valence-corrected chi connectivity index (χ0v) is 14.5. The zero-order chi connectivity index (χ0) is 18.5. The summed E-state index contributed by atoms with van der Waals surface area (Å²) >= 11 is 11.8. The van der Waals surface area contributed by atoms with Gasteiger partial charge in [0.25, 0.3) is 5.91 Å². The lowest BCUT2D eigenvalue weighted by atomic mass is 9.98. The van der Waals surface area contributed by atoms with Crippen molar-refractivity contribution in [3.8, 4) is 0 Å². The van der Waals surface area contributed by atoms with Gasteiger partial charge in [-0.15, -0.1) is 0 Å². The van der Waals surface area contributed by atoms with Gasteiger partial charge in [-0.3, -0.25) is 14.4 Å². The fourth-order valence-electron chi connectivity index (χ4n) is 2.83. The fraction of sp³-hybridized carbons (Fsp3) is 0.267. The predicted molar refractivity (Wildman–Crippen MR) is 88.2 cm³/mol. The second-order valence-electron chi connectivity index (χ2n) is 5.37. The Morgan fingerprint density at radius 3 is 2.40 bits per heavy atom. The SMILES string of the molecule is COC(=O)C1=NN(C(C)=O)[C@H]2C(=O)N(c3ccc(Cl)c(Cl)c3)C(=O)[C@H]12. The number of imide groups is 1. The lowest BCUT2D eigenvalue weighted by molar-refractivity contribution is -0.136. The highest BCUT2D eigenvalue weighted by Crippen LogP contribution is 2.37. The summed E-state index contributed by atoms with van der Waals surface area (Å²) in [6.07, 6.45) is 0. The second-order valence-corrected chi connectivity index (χ2v) is 6.19. The van der Waals surface area contributed by atoms with E-state index in [1.54, 1.807) is 0 Å². The van der Waals surface area contributed by atoms with Crippen molar-refractivity contribution in [1.29, 1.82) is 0 Å². The largest absolute Gasteiger partial charge is 0.464 e. The van der Waals surface area contributed by atoms with Gasteiger partial charge in [-0.05, 0) is 18.2 Å². The van der Waals surface area contributed by atoms with Crippen LogP contribution in [-0.2, 0) is 23.9 Å². The molecule has 0 spiro atoms. The summed E-state index contributed by atoms with van der Waals surface area (Å²) in [5, 5.41) is 5.05. The number of fused-ring (bicyclic) bond motifs is 1. The summed E-state index contributed by atoms with van der Waals surface area (Å²) < 4.78 is 4.60. The Hall–Kier alpha value is -2.45. The number of hydrogen-bond donors (Lipinski definition) is 0. The van der Waals surface area contributed by atoms with Crippen molar-refractivity contribution < 1.29 is 23.9 Å². The summed E-state index contributed by atoms with van der Waals surface area (Å²) in [5.74, 6) is -4.06. The van der Waals surface area contributed by atoms with Crippen LogP contribution >= 0.6 is 23.2 Å². The molecule has 1 saturated heterocycles. The number of rotatable bonds is 2. The first-order valence-electron chi connectivity index (χ1n) is 7.07. The molecular formula is C15H11Cl2N3O5. The smallest absolute Gasteiger partial charge is 0.355 e. The first kappa shape index (κ1) is 17.4. The van der Waals surface area contributed by atoms with E-state index in [4.69, 9.17) is 23.2 Å². The Labute approximate surface area is 151 Å². The molecule has 0 N–H and O–H groups in total. The summed E-state index contributed by atoms with van der Waals surface area (Å²) in [6, 6.07) is 3.01. The Morgan fingerprint density at radius 2 is 1.84 bits per heavy atom. The van der Waals surface area contributed by atoms with Crippen LogP contribution in [0.3, 0.4) is 0 Å². The van der Waals surface area contributed by atoms with Gasteiger partial charge in [0.2, 0.25) is 11.8 Å². The van der Waals surface area contributed by atoms with E-state index in [1.807, 2.05) is 0 Å². The first-order valence-corrected chi connectivity index (χ1v) is 7.83. The van der Waals surface area contributed by atoms with Gasteiger partial charge in [-0.2, -0.15) is 5.10 Å². The van der Waals surface area contributed by atoms with Crippen LogP contribution in [0.2, 0.25) is 10.0 Å². The third-order valence-corrected chi connectivity index (χ3v) is 4.67. The molecule has 0 aliphatic carbocycles. The molecule has 130 valence electrons. The summed E-state index contributed by atoms with van der Waals surface area (Å²) in [6.45, 7) is 1.18. The lowest BCUT2D eigenvalue weighted by Gasteiger charge is -2.19. The number of carbonyl (C=O) groups excluding carboxylic acids is 4. The topological polar surface area (TPSA) is 96.3 Å². The van der Waals surface area contributed by atoms with Gasteiger partial charge in [0.05, 0.1) is 22.8 Å². The maximum Gasteiger partial charge on any atom is 0.355 e. The maximum atomic E-state index is 12.8. The Morgan fingerprint density at radius 1 is 1.16 bits per heavy atom. The number of benzene rings is 1. The van der Waals surface area contributed by atoms with Crippen LogP contribution in [0.15, 0.2) is 23.3 Å². The van der Waals surface area contributed by atoms with Gasteiger partial charge < -0.3 is 4.74 Å². The fourth-order valence-corrected chi connectivity index (χ4v) is 3.12. The van der Waals surface area contributed by atoms with E-state index < -0.39 is 35.7 Å². The average Bonchev–Trinajstić information content (AvgIpc) is 3.08. The van der Waals surface area contributed by atoms with E-state index >= 15 is 0 Å². The molecule has 1 fully saturated rings. The molecule has 0 saturated carbocycles.